The van der Waals surface area contributed by atoms with Gasteiger partial charge in [-0.1, -0.05) is 12.1 Å². The Morgan fingerprint density at radius 1 is 1.22 bits per heavy atom. The summed E-state index contributed by atoms with van der Waals surface area (Å²) in [6.07, 6.45) is 6.61. The minimum absolute atomic E-state index is 0.0807. The first-order chi connectivity index (χ1) is 17.8. The lowest BCUT2D eigenvalue weighted by Crippen LogP contribution is -2.53. The Bertz CT molecular complexity index is 1500. The van der Waals surface area contributed by atoms with E-state index >= 15 is 0 Å². The van der Waals surface area contributed by atoms with E-state index < -0.39 is 5.54 Å². The number of aryl methyl sites for hydroxylation is 2. The monoisotopic (exact) mass is 525 g/mol. The van der Waals surface area contributed by atoms with E-state index in [1.165, 1.54) is 0 Å². The van der Waals surface area contributed by atoms with Gasteiger partial charge in [0.25, 0.3) is 5.91 Å². The number of carbonyl (C=O) groups excluding carboxylic acids is 1. The number of thiazole rings is 1. The van der Waals surface area contributed by atoms with Crippen LogP contribution in [-0.2, 0) is 5.54 Å². The number of amides is 1. The summed E-state index contributed by atoms with van der Waals surface area (Å²) in [6, 6.07) is 14.5. The highest BCUT2D eigenvalue weighted by molar-refractivity contribution is 7.15. The van der Waals surface area contributed by atoms with Crippen LogP contribution in [0.4, 0.5) is 0 Å². The van der Waals surface area contributed by atoms with Gasteiger partial charge in [0.15, 0.2) is 0 Å². The molecule has 1 aliphatic carbocycles. The summed E-state index contributed by atoms with van der Waals surface area (Å²) in [5, 5.41) is 5.50. The van der Waals surface area contributed by atoms with Gasteiger partial charge in [0.2, 0.25) is 0 Å². The zero-order valence-corrected chi connectivity index (χ0v) is 23.1. The summed E-state index contributed by atoms with van der Waals surface area (Å²) in [7, 11) is 5.83. The van der Waals surface area contributed by atoms with Crippen LogP contribution in [0.25, 0.3) is 21.3 Å². The highest BCUT2D eigenvalue weighted by Crippen LogP contribution is 2.49. The van der Waals surface area contributed by atoms with Crippen molar-refractivity contribution in [2.75, 3.05) is 13.6 Å². The van der Waals surface area contributed by atoms with Gasteiger partial charge in [-0.3, -0.25) is 9.78 Å². The number of benzene rings is 2. The van der Waals surface area contributed by atoms with Crippen LogP contribution in [0.2, 0.25) is 0 Å². The fourth-order valence-electron chi connectivity index (χ4n) is 5.15. The Morgan fingerprint density at radius 3 is 2.73 bits per heavy atom. The molecule has 2 aromatic carbocycles. The molecule has 3 heterocycles. The van der Waals surface area contributed by atoms with E-state index in [0.29, 0.717) is 17.4 Å². The largest absolute Gasteiger partial charge is 0.493 e. The lowest BCUT2D eigenvalue weighted by molar-refractivity contribution is 0.0562. The molecule has 1 amide bonds. The van der Waals surface area contributed by atoms with Gasteiger partial charge in [0.05, 0.1) is 36.9 Å². The van der Waals surface area contributed by atoms with Crippen LogP contribution in [-0.4, -0.2) is 56.4 Å². The number of nitrogens with one attached hydrogen (secondary N) is 1. The maximum absolute atomic E-state index is 13.7. The number of likely N-dealkylation sites (N-methyl/N-ethyl adjacent to an activating group) is 1. The van der Waals surface area contributed by atoms with Gasteiger partial charge in [-0.2, -0.15) is 0 Å². The highest BCUT2D eigenvalue weighted by atomic mass is 32.1. The van der Waals surface area contributed by atoms with Crippen molar-refractivity contribution in [1.29, 1.82) is 0 Å². The van der Waals surface area contributed by atoms with Crippen LogP contribution in [0.5, 0.6) is 5.75 Å². The Hall–Kier alpha value is -3.07. The van der Waals surface area contributed by atoms with Crippen molar-refractivity contribution in [3.8, 4) is 16.2 Å². The molecule has 6 rings (SSSR count). The number of ether oxygens (including phenoxy) is 1. The summed E-state index contributed by atoms with van der Waals surface area (Å²) < 4.78 is 6.17. The Kier molecular flexibility index (Phi) is 6.13. The summed E-state index contributed by atoms with van der Waals surface area (Å²) in [4.78, 5) is 26.1. The van der Waals surface area contributed by atoms with Crippen molar-refractivity contribution in [2.45, 2.75) is 50.4 Å². The van der Waals surface area contributed by atoms with E-state index in [4.69, 9.17) is 4.74 Å². The van der Waals surface area contributed by atoms with Crippen molar-refractivity contribution in [3.05, 3.63) is 76.6 Å². The fraction of sp³-hybridized carbons (Fsp3) is 0.345. The van der Waals surface area contributed by atoms with Gasteiger partial charge >= 0.3 is 0 Å². The molecule has 2 aromatic heterocycles. The lowest BCUT2D eigenvalue weighted by atomic mass is 9.95. The predicted octanol–water partition coefficient (Wildman–Crippen LogP) is 4.97. The quantitative estimate of drug-likeness (QED) is 0.345. The van der Waals surface area contributed by atoms with Crippen molar-refractivity contribution in [3.63, 3.8) is 0 Å². The summed E-state index contributed by atoms with van der Waals surface area (Å²) >= 11 is 1.67. The standard InChI is InChI=1S/C29H29N4O2SSi/c1-17-6-7-20(35-28(37)25-8-12-33(25)3)15-22(17)27(34)32-29(9-10-29)23-13-19(26-16-31-18(2)36-26)14-24-21(23)5-4-11-30-24/h4-7,11,13-16,25,28H,8-10,12H2,1-3H3,(H,32,34)/t25-,28-/m0/s1. The van der Waals surface area contributed by atoms with Crippen molar-refractivity contribution in [1.82, 2.24) is 20.2 Å². The summed E-state index contributed by atoms with van der Waals surface area (Å²) in [5.74, 6) is 0.612. The smallest absolute Gasteiger partial charge is 0.252 e. The van der Waals surface area contributed by atoms with Crippen LogP contribution in [0, 0.1) is 13.8 Å². The van der Waals surface area contributed by atoms with E-state index in [1.54, 1.807) is 11.3 Å². The molecule has 0 unspecified atom stereocenters. The second-order valence-corrected chi connectivity index (χ2v) is 12.0. The van der Waals surface area contributed by atoms with E-state index in [-0.39, 0.29) is 11.6 Å². The molecule has 6 nitrogen and oxygen atoms in total. The van der Waals surface area contributed by atoms with Gasteiger partial charge in [-0.15, -0.1) is 11.3 Å². The number of pyridine rings is 1. The number of rotatable bonds is 7. The van der Waals surface area contributed by atoms with Gasteiger partial charge in [0, 0.05) is 29.4 Å². The van der Waals surface area contributed by atoms with Gasteiger partial charge < -0.3 is 15.0 Å². The number of hydrogen-bond donors (Lipinski definition) is 1. The molecule has 1 N–H and O–H groups in total. The summed E-state index contributed by atoms with van der Waals surface area (Å²) in [6.45, 7) is 5.06. The number of hydrogen-bond acceptors (Lipinski definition) is 6. The SMILES string of the molecule is Cc1ncc(-c2cc(C3(NC(=O)c4cc(O[C@@H]([Si])[C@@H]5CCN5C)ccc4C)CC3)c3cccnc3c2)s1. The average Bonchev–Trinajstić information content (AvgIpc) is 3.52. The Morgan fingerprint density at radius 2 is 2.05 bits per heavy atom. The van der Waals surface area contributed by atoms with Crippen molar-refractivity contribution in [2.24, 2.45) is 0 Å². The second-order valence-electron chi connectivity index (χ2n) is 10.2. The maximum atomic E-state index is 13.7. The zero-order chi connectivity index (χ0) is 25.7. The molecule has 3 radical (unpaired) electrons. The van der Waals surface area contributed by atoms with E-state index in [0.717, 1.165) is 63.3 Å². The van der Waals surface area contributed by atoms with Crippen LogP contribution in [0.3, 0.4) is 0 Å². The lowest BCUT2D eigenvalue weighted by Gasteiger charge is -2.41. The molecule has 8 heteroatoms. The van der Waals surface area contributed by atoms with E-state index in [9.17, 15) is 4.79 Å². The first-order valence-electron chi connectivity index (χ1n) is 12.7. The topological polar surface area (TPSA) is 67.3 Å². The second kappa shape index (κ2) is 9.35. The molecule has 1 saturated carbocycles. The molecular formula is C29H29N4O2SSi. The predicted molar refractivity (Wildman–Crippen MR) is 148 cm³/mol. The van der Waals surface area contributed by atoms with Crippen LogP contribution in [0.15, 0.2) is 54.9 Å². The molecule has 187 valence electrons. The minimum atomic E-state index is -0.413. The Labute approximate surface area is 224 Å². The number of nitrogens with zero attached hydrogens (tertiary/aromatic N) is 3. The molecule has 4 aromatic rings. The third kappa shape index (κ3) is 4.58. The average molecular weight is 526 g/mol. The van der Waals surface area contributed by atoms with Crippen molar-refractivity contribution >= 4 is 38.4 Å². The number of likely N-dealkylation sites (tertiary alicyclic amines) is 1. The van der Waals surface area contributed by atoms with Gasteiger partial charge in [0.1, 0.15) is 5.75 Å². The van der Waals surface area contributed by atoms with Gasteiger partial charge in [-0.05, 0) is 93.7 Å². The van der Waals surface area contributed by atoms with Gasteiger partial charge in [-0.25, -0.2) is 4.98 Å². The van der Waals surface area contributed by atoms with E-state index in [1.807, 2.05) is 50.5 Å². The van der Waals surface area contributed by atoms with Crippen LogP contribution in [0.1, 0.15) is 45.8 Å². The molecule has 0 bridgehead atoms. The third-order valence-corrected chi connectivity index (χ3v) is 9.12. The highest BCUT2D eigenvalue weighted by Gasteiger charge is 2.47. The summed E-state index contributed by atoms with van der Waals surface area (Å²) in [5.41, 5.74) is 4.16. The molecule has 0 spiro atoms. The number of carbonyl (C=O) groups is 1. The minimum Gasteiger partial charge on any atom is -0.493 e. The van der Waals surface area contributed by atoms with E-state index in [2.05, 4.69) is 55.7 Å². The first-order valence-corrected chi connectivity index (χ1v) is 14.1. The normalized spacial score (nSPS) is 19.3. The van der Waals surface area contributed by atoms with Crippen molar-refractivity contribution < 1.29 is 9.53 Å². The van der Waals surface area contributed by atoms with Crippen LogP contribution < -0.4 is 10.1 Å². The molecule has 2 aliphatic rings. The molecule has 2 atom stereocenters. The third-order valence-electron chi connectivity index (χ3n) is 7.65. The number of aromatic nitrogens is 2. The Balaban J connectivity index is 1.30. The molecule has 1 saturated heterocycles. The first kappa shape index (κ1) is 24.3. The molecular weight excluding hydrogens is 496 g/mol. The maximum Gasteiger partial charge on any atom is 0.252 e. The van der Waals surface area contributed by atoms with Crippen LogP contribution >= 0.6 is 11.3 Å². The molecule has 2 fully saturated rings. The zero-order valence-electron chi connectivity index (χ0n) is 21.2. The molecule has 1 aliphatic heterocycles. The fourth-order valence-corrected chi connectivity index (χ4v) is 6.47. The number of fused-ring (bicyclic) bond motifs is 1. The molecule has 37 heavy (non-hydrogen) atoms.